The molecule has 0 fully saturated rings. The van der Waals surface area contributed by atoms with Crippen LogP contribution in [0.3, 0.4) is 0 Å². The summed E-state index contributed by atoms with van der Waals surface area (Å²) in [5, 5.41) is 8.02. The first kappa shape index (κ1) is 19.8. The van der Waals surface area contributed by atoms with Gasteiger partial charge >= 0.3 is 0 Å². The molecular formula is C24H27N3OS. The molecule has 4 nitrogen and oxygen atoms in total. The van der Waals surface area contributed by atoms with Crippen LogP contribution in [0.1, 0.15) is 37.7 Å². The van der Waals surface area contributed by atoms with Crippen LogP contribution in [0.5, 0.6) is 0 Å². The Morgan fingerprint density at radius 2 is 1.62 bits per heavy atom. The average molecular weight is 406 g/mol. The SMILES string of the molecule is Cc1onc(-c2ccccc2)c1CNC1=C(c2ccccc2)SN(C(C)(C)C)C1. The van der Waals surface area contributed by atoms with E-state index in [4.69, 9.17) is 4.52 Å². The lowest BCUT2D eigenvalue weighted by Gasteiger charge is -2.30. The van der Waals surface area contributed by atoms with Gasteiger partial charge in [0.15, 0.2) is 0 Å². The Balaban J connectivity index is 1.62. The third-order valence-electron chi connectivity index (χ3n) is 5.07. The fourth-order valence-electron chi connectivity index (χ4n) is 3.36. The Morgan fingerprint density at radius 1 is 1.00 bits per heavy atom. The second-order valence-corrected chi connectivity index (χ2v) is 9.29. The van der Waals surface area contributed by atoms with Gasteiger partial charge < -0.3 is 9.84 Å². The molecule has 0 aliphatic carbocycles. The first-order valence-corrected chi connectivity index (χ1v) is 10.7. The maximum atomic E-state index is 5.53. The quantitative estimate of drug-likeness (QED) is 0.538. The van der Waals surface area contributed by atoms with E-state index in [-0.39, 0.29) is 5.54 Å². The molecule has 0 spiro atoms. The second kappa shape index (κ2) is 8.09. The first-order chi connectivity index (χ1) is 13.9. The molecule has 1 N–H and O–H groups in total. The van der Waals surface area contributed by atoms with Crippen molar-refractivity contribution < 1.29 is 4.52 Å². The Labute approximate surface area is 177 Å². The third kappa shape index (κ3) is 4.26. The smallest absolute Gasteiger partial charge is 0.139 e. The van der Waals surface area contributed by atoms with Crippen molar-refractivity contribution in [2.24, 2.45) is 0 Å². The number of aromatic nitrogens is 1. The predicted octanol–water partition coefficient (Wildman–Crippen LogP) is 5.87. The van der Waals surface area contributed by atoms with Crippen molar-refractivity contribution in [2.45, 2.75) is 39.8 Å². The summed E-state index contributed by atoms with van der Waals surface area (Å²) in [6.45, 7) is 10.3. The monoisotopic (exact) mass is 405 g/mol. The van der Waals surface area contributed by atoms with Crippen molar-refractivity contribution in [3.63, 3.8) is 0 Å². The molecule has 0 radical (unpaired) electrons. The summed E-state index contributed by atoms with van der Waals surface area (Å²) >= 11 is 1.83. The number of benzene rings is 2. The number of hydrogen-bond acceptors (Lipinski definition) is 5. The number of rotatable bonds is 5. The molecule has 5 heteroatoms. The highest BCUT2D eigenvalue weighted by Crippen LogP contribution is 2.43. The molecule has 2 heterocycles. The largest absolute Gasteiger partial charge is 0.382 e. The molecule has 3 aromatic rings. The maximum absolute atomic E-state index is 5.53. The molecule has 29 heavy (non-hydrogen) atoms. The molecule has 0 saturated carbocycles. The van der Waals surface area contributed by atoms with Crippen LogP contribution in [0.4, 0.5) is 0 Å². The number of nitrogens with zero attached hydrogens (tertiary/aromatic N) is 2. The zero-order chi connectivity index (χ0) is 20.4. The van der Waals surface area contributed by atoms with Crippen molar-refractivity contribution in [2.75, 3.05) is 6.54 Å². The molecule has 1 aliphatic rings. The van der Waals surface area contributed by atoms with Gasteiger partial charge in [0.05, 0.1) is 11.4 Å². The van der Waals surface area contributed by atoms with Crippen LogP contribution in [-0.2, 0) is 6.54 Å². The zero-order valence-electron chi connectivity index (χ0n) is 17.4. The van der Waals surface area contributed by atoms with Crippen LogP contribution in [0, 0.1) is 6.92 Å². The minimum Gasteiger partial charge on any atom is -0.382 e. The third-order valence-corrected chi connectivity index (χ3v) is 6.63. The molecule has 0 unspecified atom stereocenters. The lowest BCUT2D eigenvalue weighted by atomic mass is 10.1. The topological polar surface area (TPSA) is 41.3 Å². The highest BCUT2D eigenvalue weighted by atomic mass is 32.2. The molecule has 0 amide bonds. The van der Waals surface area contributed by atoms with Gasteiger partial charge in [-0.25, -0.2) is 4.31 Å². The molecule has 1 aliphatic heterocycles. The van der Waals surface area contributed by atoms with Gasteiger partial charge in [0.2, 0.25) is 0 Å². The van der Waals surface area contributed by atoms with Crippen molar-refractivity contribution >= 4 is 16.9 Å². The van der Waals surface area contributed by atoms with Crippen LogP contribution in [0.25, 0.3) is 16.2 Å². The number of nitrogens with one attached hydrogen (secondary N) is 1. The van der Waals surface area contributed by atoms with Crippen LogP contribution < -0.4 is 5.32 Å². The molecule has 4 rings (SSSR count). The van der Waals surface area contributed by atoms with E-state index in [1.54, 1.807) is 0 Å². The Kier molecular flexibility index (Phi) is 5.52. The maximum Gasteiger partial charge on any atom is 0.139 e. The fourth-order valence-corrected chi connectivity index (χ4v) is 4.53. The van der Waals surface area contributed by atoms with Gasteiger partial charge in [0.25, 0.3) is 0 Å². The molecular weight excluding hydrogens is 378 g/mol. The molecule has 150 valence electrons. The van der Waals surface area contributed by atoms with Gasteiger partial charge in [-0.05, 0) is 45.2 Å². The van der Waals surface area contributed by atoms with Crippen LogP contribution in [0.2, 0.25) is 0 Å². The van der Waals surface area contributed by atoms with Gasteiger partial charge in [-0.2, -0.15) is 0 Å². The molecule has 2 aromatic carbocycles. The molecule has 1 aromatic heterocycles. The lowest BCUT2D eigenvalue weighted by Crippen LogP contribution is -2.36. The minimum absolute atomic E-state index is 0.0798. The Hall–Kier alpha value is -2.50. The van der Waals surface area contributed by atoms with Gasteiger partial charge in [-0.1, -0.05) is 65.8 Å². The van der Waals surface area contributed by atoms with E-state index in [1.807, 2.05) is 37.1 Å². The van der Waals surface area contributed by atoms with Gasteiger partial charge in [-0.15, -0.1) is 0 Å². The van der Waals surface area contributed by atoms with Crippen molar-refractivity contribution in [3.8, 4) is 11.3 Å². The van der Waals surface area contributed by atoms with Gasteiger partial charge in [0.1, 0.15) is 11.5 Å². The predicted molar refractivity (Wildman–Crippen MR) is 121 cm³/mol. The minimum atomic E-state index is 0.0798. The average Bonchev–Trinajstić information content (AvgIpc) is 3.31. The Bertz CT molecular complexity index is 1000. The van der Waals surface area contributed by atoms with Crippen LogP contribution >= 0.6 is 11.9 Å². The van der Waals surface area contributed by atoms with Gasteiger partial charge in [0, 0.05) is 28.9 Å². The summed E-state index contributed by atoms with van der Waals surface area (Å²) in [5.41, 5.74) is 5.67. The lowest BCUT2D eigenvalue weighted by molar-refractivity contribution is 0.293. The summed E-state index contributed by atoms with van der Waals surface area (Å²) in [7, 11) is 0. The summed E-state index contributed by atoms with van der Waals surface area (Å²) < 4.78 is 7.96. The summed E-state index contributed by atoms with van der Waals surface area (Å²) in [6, 6.07) is 20.8. The fraction of sp³-hybridized carbons (Fsp3) is 0.292. The van der Waals surface area contributed by atoms with E-state index < -0.39 is 0 Å². The summed E-state index contributed by atoms with van der Waals surface area (Å²) in [5.74, 6) is 0.858. The van der Waals surface area contributed by atoms with E-state index >= 15 is 0 Å². The van der Waals surface area contributed by atoms with E-state index in [9.17, 15) is 0 Å². The van der Waals surface area contributed by atoms with Crippen LogP contribution in [-0.4, -0.2) is 21.5 Å². The van der Waals surface area contributed by atoms with E-state index in [2.05, 4.69) is 78.0 Å². The van der Waals surface area contributed by atoms with Crippen molar-refractivity contribution in [1.82, 2.24) is 14.8 Å². The normalized spacial score (nSPS) is 15.2. The number of hydrogen-bond donors (Lipinski definition) is 1. The van der Waals surface area contributed by atoms with E-state index in [0.29, 0.717) is 6.54 Å². The number of aryl methyl sites for hydroxylation is 1. The first-order valence-electron chi connectivity index (χ1n) is 9.92. The zero-order valence-corrected chi connectivity index (χ0v) is 18.2. The Morgan fingerprint density at radius 3 is 2.24 bits per heavy atom. The molecule has 0 saturated heterocycles. The molecule has 0 bridgehead atoms. The van der Waals surface area contributed by atoms with Crippen molar-refractivity contribution in [3.05, 3.63) is 83.2 Å². The summed E-state index contributed by atoms with van der Waals surface area (Å²) in [6.07, 6.45) is 0. The van der Waals surface area contributed by atoms with E-state index in [1.165, 1.54) is 16.2 Å². The second-order valence-electron chi connectivity index (χ2n) is 8.26. The van der Waals surface area contributed by atoms with Gasteiger partial charge in [-0.3, -0.25) is 0 Å². The van der Waals surface area contributed by atoms with Crippen LogP contribution in [0.15, 0.2) is 70.9 Å². The summed E-state index contributed by atoms with van der Waals surface area (Å²) in [4.78, 5) is 1.29. The molecule has 0 atom stereocenters. The highest BCUT2D eigenvalue weighted by Gasteiger charge is 2.32. The van der Waals surface area contributed by atoms with Crippen molar-refractivity contribution in [1.29, 1.82) is 0 Å². The standard InChI is InChI=1S/C24H27N3OS/c1-17-20(22(26-28-17)18-11-7-5-8-12-18)15-25-21-16-27(24(2,3)4)29-23(21)19-13-9-6-10-14-19/h5-14,25H,15-16H2,1-4H3. The van der Waals surface area contributed by atoms with E-state index in [0.717, 1.165) is 29.1 Å². The highest BCUT2D eigenvalue weighted by molar-refractivity contribution is 8.06.